The number of rotatable bonds is 2. The van der Waals surface area contributed by atoms with Crippen molar-refractivity contribution in [2.45, 2.75) is 6.92 Å². The zero-order chi connectivity index (χ0) is 9.84. The number of halogens is 1. The van der Waals surface area contributed by atoms with Crippen LogP contribution in [0.1, 0.15) is 11.1 Å². The van der Waals surface area contributed by atoms with Gasteiger partial charge in [-0.2, -0.15) is 0 Å². The number of carbonyl (C=O) groups is 1. The van der Waals surface area contributed by atoms with E-state index in [1.807, 2.05) is 0 Å². The van der Waals surface area contributed by atoms with Crippen LogP contribution >= 0.6 is 0 Å². The summed E-state index contributed by atoms with van der Waals surface area (Å²) in [4.78, 5) is 10.2. The Labute approximate surface area is 75.3 Å². The van der Waals surface area contributed by atoms with Gasteiger partial charge in [0.05, 0.1) is 0 Å². The van der Waals surface area contributed by atoms with Gasteiger partial charge in [-0.05, 0) is 36.3 Å². The number of hydrogen-bond acceptors (Lipinski definition) is 1. The molecule has 0 aliphatic heterocycles. The first-order valence-electron chi connectivity index (χ1n) is 3.76. The summed E-state index contributed by atoms with van der Waals surface area (Å²) in [5.41, 5.74) is 1.32. The molecule has 2 nitrogen and oxygen atoms in total. The molecule has 1 aromatic carbocycles. The predicted molar refractivity (Wildman–Crippen MR) is 47.8 cm³/mol. The monoisotopic (exact) mass is 180 g/mol. The Balaban J connectivity index is 2.95. The van der Waals surface area contributed by atoms with Crippen LogP contribution in [0.5, 0.6) is 0 Å². The molecule has 0 aromatic heterocycles. The number of benzene rings is 1. The lowest BCUT2D eigenvalue weighted by molar-refractivity contribution is -0.131. The predicted octanol–water partition coefficient (Wildman–Crippen LogP) is 2.23. The lowest BCUT2D eigenvalue weighted by Crippen LogP contribution is -1.86. The average molecular weight is 180 g/mol. The Morgan fingerprint density at radius 1 is 1.46 bits per heavy atom. The molecule has 0 saturated carbocycles. The van der Waals surface area contributed by atoms with Crippen molar-refractivity contribution in [3.8, 4) is 0 Å². The van der Waals surface area contributed by atoms with Crippen molar-refractivity contribution in [3.63, 3.8) is 0 Å². The third kappa shape index (κ3) is 3.07. The Kier molecular flexibility index (Phi) is 2.80. The van der Waals surface area contributed by atoms with E-state index < -0.39 is 5.97 Å². The lowest BCUT2D eigenvalue weighted by Gasteiger charge is -1.96. The highest BCUT2D eigenvalue weighted by Gasteiger charge is 1.95. The third-order valence-corrected chi connectivity index (χ3v) is 1.48. The maximum Gasteiger partial charge on any atom is 0.328 e. The number of hydrogen-bond donors (Lipinski definition) is 1. The molecule has 0 atom stereocenters. The van der Waals surface area contributed by atoms with Gasteiger partial charge in [-0.1, -0.05) is 6.07 Å². The average Bonchev–Trinajstić information content (AvgIpc) is 1.99. The zero-order valence-corrected chi connectivity index (χ0v) is 7.12. The van der Waals surface area contributed by atoms with Gasteiger partial charge < -0.3 is 5.11 Å². The minimum Gasteiger partial charge on any atom is -0.478 e. The molecule has 68 valence electrons. The highest BCUT2D eigenvalue weighted by molar-refractivity contribution is 5.85. The molecule has 1 N–H and O–H groups in total. The van der Waals surface area contributed by atoms with Crippen molar-refractivity contribution >= 4 is 12.0 Å². The van der Waals surface area contributed by atoms with Crippen LogP contribution in [0.3, 0.4) is 0 Å². The van der Waals surface area contributed by atoms with Crippen molar-refractivity contribution in [2.75, 3.05) is 0 Å². The van der Waals surface area contributed by atoms with Gasteiger partial charge in [0.15, 0.2) is 0 Å². The van der Waals surface area contributed by atoms with Crippen LogP contribution in [0, 0.1) is 12.7 Å². The second kappa shape index (κ2) is 3.85. The van der Waals surface area contributed by atoms with Gasteiger partial charge in [0.25, 0.3) is 0 Å². The van der Waals surface area contributed by atoms with Crippen LogP contribution in [0.25, 0.3) is 6.08 Å². The first-order chi connectivity index (χ1) is 6.08. The van der Waals surface area contributed by atoms with Crippen molar-refractivity contribution < 1.29 is 14.3 Å². The minimum atomic E-state index is -1.04. The second-order valence-electron chi connectivity index (χ2n) is 2.73. The summed E-state index contributed by atoms with van der Waals surface area (Å²) in [6, 6.07) is 4.38. The fourth-order valence-corrected chi connectivity index (χ4v) is 1.03. The summed E-state index contributed by atoms with van der Waals surface area (Å²) in [6.07, 6.45) is 2.34. The van der Waals surface area contributed by atoms with E-state index in [0.29, 0.717) is 5.56 Å². The molecule has 3 heteroatoms. The van der Waals surface area contributed by atoms with Gasteiger partial charge in [-0.3, -0.25) is 0 Å². The minimum absolute atomic E-state index is 0.356. The standard InChI is InChI=1S/C10H9FO2/c1-7-4-8(2-3-10(12)13)6-9(11)5-7/h2-6H,1H3,(H,12,13). The van der Waals surface area contributed by atoms with E-state index in [4.69, 9.17) is 5.11 Å². The van der Waals surface area contributed by atoms with Gasteiger partial charge in [0.2, 0.25) is 0 Å². The smallest absolute Gasteiger partial charge is 0.328 e. The molecule has 13 heavy (non-hydrogen) atoms. The first-order valence-corrected chi connectivity index (χ1v) is 3.76. The lowest BCUT2D eigenvalue weighted by atomic mass is 10.1. The number of carboxylic acid groups (broad SMARTS) is 1. The van der Waals surface area contributed by atoms with E-state index >= 15 is 0 Å². The van der Waals surface area contributed by atoms with Crippen LogP contribution in [-0.2, 0) is 4.79 Å². The van der Waals surface area contributed by atoms with E-state index in [2.05, 4.69) is 0 Å². The van der Waals surface area contributed by atoms with Crippen molar-refractivity contribution in [3.05, 3.63) is 41.2 Å². The fraction of sp³-hybridized carbons (Fsp3) is 0.100. The summed E-state index contributed by atoms with van der Waals surface area (Å²) >= 11 is 0. The van der Waals surface area contributed by atoms with Gasteiger partial charge in [-0.15, -0.1) is 0 Å². The topological polar surface area (TPSA) is 37.3 Å². The molecule has 0 unspecified atom stereocenters. The Morgan fingerprint density at radius 3 is 2.69 bits per heavy atom. The normalized spacial score (nSPS) is 10.6. The van der Waals surface area contributed by atoms with E-state index in [1.54, 1.807) is 13.0 Å². The van der Waals surface area contributed by atoms with Crippen molar-refractivity contribution in [1.29, 1.82) is 0 Å². The molecule has 1 rings (SSSR count). The number of aliphatic carboxylic acids is 1. The molecule has 0 aliphatic carbocycles. The summed E-state index contributed by atoms with van der Waals surface area (Å²) < 4.78 is 12.8. The number of aryl methyl sites for hydroxylation is 1. The molecule has 0 radical (unpaired) electrons. The molecule has 0 fully saturated rings. The Bertz CT molecular complexity index is 336. The molecule has 1 aromatic rings. The van der Waals surface area contributed by atoms with E-state index in [-0.39, 0.29) is 5.82 Å². The quantitative estimate of drug-likeness (QED) is 0.708. The van der Waals surface area contributed by atoms with Gasteiger partial charge in [0.1, 0.15) is 5.82 Å². The zero-order valence-electron chi connectivity index (χ0n) is 7.12. The van der Waals surface area contributed by atoms with Gasteiger partial charge in [-0.25, -0.2) is 9.18 Å². The molecule has 0 heterocycles. The summed E-state index contributed by atoms with van der Waals surface area (Å²) in [5.74, 6) is -1.40. The van der Waals surface area contributed by atoms with E-state index in [9.17, 15) is 9.18 Å². The first kappa shape index (κ1) is 9.45. The van der Waals surface area contributed by atoms with Crippen LogP contribution in [0.15, 0.2) is 24.3 Å². The second-order valence-corrected chi connectivity index (χ2v) is 2.73. The van der Waals surface area contributed by atoms with Gasteiger partial charge in [0, 0.05) is 6.08 Å². The van der Waals surface area contributed by atoms with Crippen LogP contribution in [0.2, 0.25) is 0 Å². The highest BCUT2D eigenvalue weighted by atomic mass is 19.1. The summed E-state index contributed by atoms with van der Waals surface area (Å²) in [5, 5.41) is 8.33. The van der Waals surface area contributed by atoms with Crippen molar-refractivity contribution in [1.82, 2.24) is 0 Å². The molecule has 0 saturated heterocycles. The highest BCUT2D eigenvalue weighted by Crippen LogP contribution is 2.09. The van der Waals surface area contributed by atoms with Crippen LogP contribution < -0.4 is 0 Å². The van der Waals surface area contributed by atoms with E-state index in [0.717, 1.165) is 11.6 Å². The molecular weight excluding hydrogens is 171 g/mol. The van der Waals surface area contributed by atoms with Gasteiger partial charge >= 0.3 is 5.97 Å². The maximum absolute atomic E-state index is 12.8. The Morgan fingerprint density at radius 2 is 2.15 bits per heavy atom. The third-order valence-electron chi connectivity index (χ3n) is 1.48. The summed E-state index contributed by atoms with van der Waals surface area (Å²) in [7, 11) is 0. The number of carboxylic acids is 1. The summed E-state index contributed by atoms with van der Waals surface area (Å²) in [6.45, 7) is 1.75. The molecule has 0 amide bonds. The maximum atomic E-state index is 12.8. The molecular formula is C10H9FO2. The van der Waals surface area contributed by atoms with Crippen LogP contribution in [0.4, 0.5) is 4.39 Å². The fourth-order valence-electron chi connectivity index (χ4n) is 1.03. The van der Waals surface area contributed by atoms with Crippen LogP contribution in [-0.4, -0.2) is 11.1 Å². The largest absolute Gasteiger partial charge is 0.478 e. The molecule has 0 spiro atoms. The molecule has 0 bridgehead atoms. The Hall–Kier alpha value is -1.64. The van der Waals surface area contributed by atoms with Crippen molar-refractivity contribution in [2.24, 2.45) is 0 Å². The SMILES string of the molecule is Cc1cc(F)cc(C=CC(=O)O)c1. The van der Waals surface area contributed by atoms with E-state index in [1.165, 1.54) is 18.2 Å². The molecule has 0 aliphatic rings.